The SMILES string of the molecule is COc1ccc(C(CNc2nnc(C(C)C)s2)N2CCCC2)cc1. The van der Waals surface area contributed by atoms with Gasteiger partial charge in [0, 0.05) is 12.5 Å². The van der Waals surface area contributed by atoms with Crippen LogP contribution >= 0.6 is 11.3 Å². The van der Waals surface area contributed by atoms with Gasteiger partial charge in [0.1, 0.15) is 10.8 Å². The van der Waals surface area contributed by atoms with Crippen molar-refractivity contribution in [3.05, 3.63) is 34.8 Å². The number of methoxy groups -OCH3 is 1. The van der Waals surface area contributed by atoms with Crippen molar-refractivity contribution in [3.63, 3.8) is 0 Å². The van der Waals surface area contributed by atoms with Crippen molar-refractivity contribution in [2.75, 3.05) is 32.1 Å². The molecule has 0 radical (unpaired) electrons. The first-order valence-electron chi connectivity index (χ1n) is 8.62. The zero-order valence-corrected chi connectivity index (χ0v) is 15.5. The molecule has 1 unspecified atom stereocenters. The summed E-state index contributed by atoms with van der Waals surface area (Å²) < 4.78 is 5.28. The highest BCUT2D eigenvalue weighted by Gasteiger charge is 2.23. The van der Waals surface area contributed by atoms with Crippen molar-refractivity contribution in [1.29, 1.82) is 0 Å². The van der Waals surface area contributed by atoms with E-state index in [1.54, 1.807) is 18.4 Å². The molecule has 3 rings (SSSR count). The molecule has 1 fully saturated rings. The molecule has 0 bridgehead atoms. The summed E-state index contributed by atoms with van der Waals surface area (Å²) in [5.41, 5.74) is 1.32. The van der Waals surface area contributed by atoms with Crippen LogP contribution in [0.5, 0.6) is 5.75 Å². The Morgan fingerprint density at radius 3 is 2.46 bits per heavy atom. The van der Waals surface area contributed by atoms with Crippen molar-refractivity contribution < 1.29 is 4.74 Å². The summed E-state index contributed by atoms with van der Waals surface area (Å²) in [6.07, 6.45) is 2.56. The molecule has 1 aromatic heterocycles. The highest BCUT2D eigenvalue weighted by atomic mass is 32.1. The van der Waals surface area contributed by atoms with Gasteiger partial charge in [0.2, 0.25) is 5.13 Å². The van der Waals surface area contributed by atoms with E-state index in [2.05, 4.69) is 46.4 Å². The minimum Gasteiger partial charge on any atom is -0.497 e. The number of nitrogens with zero attached hydrogens (tertiary/aromatic N) is 3. The van der Waals surface area contributed by atoms with Crippen molar-refractivity contribution in [2.45, 2.75) is 38.6 Å². The fourth-order valence-corrected chi connectivity index (χ4v) is 3.81. The van der Waals surface area contributed by atoms with E-state index in [-0.39, 0.29) is 0 Å². The molecule has 1 aromatic carbocycles. The molecule has 2 heterocycles. The van der Waals surface area contributed by atoms with Crippen molar-refractivity contribution in [2.24, 2.45) is 0 Å². The van der Waals surface area contributed by atoms with Crippen LogP contribution in [-0.4, -0.2) is 41.8 Å². The molecule has 0 aliphatic carbocycles. The molecule has 1 atom stereocenters. The average molecular weight is 347 g/mol. The molecule has 0 amide bonds. The Kier molecular flexibility index (Phi) is 5.68. The molecule has 2 aromatic rings. The van der Waals surface area contributed by atoms with Gasteiger partial charge in [-0.2, -0.15) is 0 Å². The third kappa shape index (κ3) is 4.05. The Hall–Kier alpha value is -1.66. The van der Waals surface area contributed by atoms with E-state index in [0.29, 0.717) is 12.0 Å². The van der Waals surface area contributed by atoms with Crippen LogP contribution in [0.2, 0.25) is 0 Å². The lowest BCUT2D eigenvalue weighted by atomic mass is 10.1. The second-order valence-corrected chi connectivity index (χ2v) is 7.52. The van der Waals surface area contributed by atoms with Crippen LogP contribution in [0.25, 0.3) is 0 Å². The van der Waals surface area contributed by atoms with Crippen LogP contribution in [0.1, 0.15) is 49.2 Å². The monoisotopic (exact) mass is 346 g/mol. The van der Waals surface area contributed by atoms with Gasteiger partial charge in [-0.05, 0) is 43.6 Å². The van der Waals surface area contributed by atoms with Crippen LogP contribution < -0.4 is 10.1 Å². The third-order valence-electron chi connectivity index (χ3n) is 4.46. The Labute approximate surface area is 148 Å². The first-order chi connectivity index (χ1) is 11.7. The predicted octanol–water partition coefficient (Wildman–Crippen LogP) is 3.92. The maximum Gasteiger partial charge on any atom is 0.205 e. The Morgan fingerprint density at radius 1 is 1.17 bits per heavy atom. The topological polar surface area (TPSA) is 50.3 Å². The lowest BCUT2D eigenvalue weighted by Gasteiger charge is -2.28. The highest BCUT2D eigenvalue weighted by molar-refractivity contribution is 7.15. The smallest absolute Gasteiger partial charge is 0.205 e. The average Bonchev–Trinajstić information content (AvgIpc) is 3.27. The number of aromatic nitrogens is 2. The van der Waals surface area contributed by atoms with Crippen molar-refractivity contribution >= 4 is 16.5 Å². The summed E-state index contributed by atoms with van der Waals surface area (Å²) in [7, 11) is 1.70. The van der Waals surface area contributed by atoms with Crippen LogP contribution in [0.3, 0.4) is 0 Å². The second-order valence-electron chi connectivity index (χ2n) is 6.51. The molecular formula is C18H26N4OS. The molecule has 0 spiro atoms. The summed E-state index contributed by atoms with van der Waals surface area (Å²) >= 11 is 1.65. The van der Waals surface area contributed by atoms with Gasteiger partial charge in [0.25, 0.3) is 0 Å². The molecule has 1 aliphatic rings. The van der Waals surface area contributed by atoms with E-state index in [9.17, 15) is 0 Å². The van der Waals surface area contributed by atoms with Gasteiger partial charge < -0.3 is 10.1 Å². The fraction of sp³-hybridized carbons (Fsp3) is 0.556. The van der Waals surface area contributed by atoms with E-state index in [0.717, 1.165) is 35.5 Å². The number of benzene rings is 1. The third-order valence-corrected chi connectivity index (χ3v) is 5.64. The highest BCUT2D eigenvalue weighted by Crippen LogP contribution is 2.28. The summed E-state index contributed by atoms with van der Waals surface area (Å²) in [5, 5.41) is 14.0. The molecular weight excluding hydrogens is 320 g/mol. The van der Waals surface area contributed by atoms with Crippen molar-refractivity contribution in [3.8, 4) is 5.75 Å². The number of hydrogen-bond donors (Lipinski definition) is 1. The van der Waals surface area contributed by atoms with Gasteiger partial charge in [-0.25, -0.2) is 0 Å². The lowest BCUT2D eigenvalue weighted by molar-refractivity contribution is 0.256. The summed E-state index contributed by atoms with van der Waals surface area (Å²) in [6, 6.07) is 8.78. The van der Waals surface area contributed by atoms with Crippen LogP contribution in [0.15, 0.2) is 24.3 Å². The minimum atomic E-state index is 0.352. The first kappa shape index (κ1) is 17.2. The van der Waals surface area contributed by atoms with Gasteiger partial charge >= 0.3 is 0 Å². The number of anilines is 1. The van der Waals surface area contributed by atoms with Gasteiger partial charge in [-0.15, -0.1) is 10.2 Å². The summed E-state index contributed by atoms with van der Waals surface area (Å²) in [4.78, 5) is 2.55. The quantitative estimate of drug-likeness (QED) is 0.823. The maximum absolute atomic E-state index is 5.28. The predicted molar refractivity (Wildman–Crippen MR) is 99.0 cm³/mol. The lowest BCUT2D eigenvalue weighted by Crippen LogP contribution is -2.31. The largest absolute Gasteiger partial charge is 0.497 e. The fourth-order valence-electron chi connectivity index (χ4n) is 3.06. The van der Waals surface area contributed by atoms with Crippen LogP contribution in [0, 0.1) is 0 Å². The summed E-state index contributed by atoms with van der Waals surface area (Å²) in [6.45, 7) is 7.46. The number of ether oxygens (including phenoxy) is 1. The Morgan fingerprint density at radius 2 is 1.88 bits per heavy atom. The van der Waals surface area contributed by atoms with Gasteiger partial charge in [0.05, 0.1) is 13.2 Å². The molecule has 1 saturated heterocycles. The molecule has 1 aliphatic heterocycles. The second kappa shape index (κ2) is 7.94. The van der Waals surface area contributed by atoms with Crippen LogP contribution in [-0.2, 0) is 0 Å². The molecule has 6 heteroatoms. The number of hydrogen-bond acceptors (Lipinski definition) is 6. The standard InChI is InChI=1S/C18H26N4OS/c1-13(2)17-20-21-18(24-17)19-12-16(22-10-4-5-11-22)14-6-8-15(23-3)9-7-14/h6-9,13,16H,4-5,10-12H2,1-3H3,(H,19,21). The zero-order chi connectivity index (χ0) is 16.9. The maximum atomic E-state index is 5.28. The van der Waals surface area contributed by atoms with E-state index in [1.165, 1.54) is 18.4 Å². The van der Waals surface area contributed by atoms with Crippen molar-refractivity contribution in [1.82, 2.24) is 15.1 Å². The van der Waals surface area contributed by atoms with E-state index in [1.807, 2.05) is 12.1 Å². The Bertz CT molecular complexity index is 635. The molecule has 130 valence electrons. The van der Waals surface area contributed by atoms with Gasteiger partial charge in [-0.1, -0.05) is 37.3 Å². The Balaban J connectivity index is 1.71. The first-order valence-corrected chi connectivity index (χ1v) is 9.44. The summed E-state index contributed by atoms with van der Waals surface area (Å²) in [5.74, 6) is 1.33. The zero-order valence-electron chi connectivity index (χ0n) is 14.7. The number of rotatable bonds is 7. The van der Waals surface area contributed by atoms with E-state index < -0.39 is 0 Å². The molecule has 0 saturated carbocycles. The van der Waals surface area contributed by atoms with E-state index >= 15 is 0 Å². The molecule has 1 N–H and O–H groups in total. The van der Waals surface area contributed by atoms with Gasteiger partial charge in [0.15, 0.2) is 0 Å². The van der Waals surface area contributed by atoms with E-state index in [4.69, 9.17) is 4.74 Å². The minimum absolute atomic E-state index is 0.352. The number of likely N-dealkylation sites (tertiary alicyclic amines) is 1. The molecule has 24 heavy (non-hydrogen) atoms. The van der Waals surface area contributed by atoms with Crippen LogP contribution in [0.4, 0.5) is 5.13 Å². The normalized spacial score (nSPS) is 16.5. The number of nitrogens with one attached hydrogen (secondary N) is 1. The molecule has 5 nitrogen and oxygen atoms in total. The van der Waals surface area contributed by atoms with Gasteiger partial charge in [-0.3, -0.25) is 4.90 Å².